The highest BCUT2D eigenvalue weighted by Gasteiger charge is 2.50. The van der Waals surface area contributed by atoms with Gasteiger partial charge in [-0.3, -0.25) is 14.5 Å². The van der Waals surface area contributed by atoms with Crippen molar-refractivity contribution in [2.24, 2.45) is 0 Å². The molecule has 7 nitrogen and oxygen atoms in total. The van der Waals surface area contributed by atoms with Crippen LogP contribution in [0.25, 0.3) is 0 Å². The molecule has 4 amide bonds. The smallest absolute Gasteiger partial charge is 0.325 e. The third-order valence-corrected chi connectivity index (χ3v) is 5.33. The molecule has 0 bridgehead atoms. The van der Waals surface area contributed by atoms with Crippen LogP contribution in [0.2, 0.25) is 0 Å². The highest BCUT2D eigenvalue weighted by molar-refractivity contribution is 6.09. The summed E-state index contributed by atoms with van der Waals surface area (Å²) in [5.74, 6) is -0.566. The Morgan fingerprint density at radius 2 is 1.96 bits per heavy atom. The molecule has 2 N–H and O–H groups in total. The molecule has 2 aliphatic heterocycles. The van der Waals surface area contributed by atoms with E-state index in [9.17, 15) is 14.4 Å². The van der Waals surface area contributed by atoms with Gasteiger partial charge in [-0.1, -0.05) is 29.8 Å². The van der Waals surface area contributed by atoms with Crippen molar-refractivity contribution in [1.82, 2.24) is 20.4 Å². The maximum Gasteiger partial charge on any atom is 0.325 e. The fraction of sp³-hybridized carbons (Fsp3) is 0.526. The first-order valence-electron chi connectivity index (χ1n) is 9.02. The Morgan fingerprint density at radius 3 is 2.59 bits per heavy atom. The van der Waals surface area contributed by atoms with E-state index in [2.05, 4.69) is 10.6 Å². The number of rotatable bonds is 5. The molecule has 1 aromatic rings. The van der Waals surface area contributed by atoms with E-state index >= 15 is 0 Å². The van der Waals surface area contributed by atoms with Gasteiger partial charge in [0.15, 0.2) is 0 Å². The number of likely N-dealkylation sites (tertiary alicyclic amines) is 1. The fourth-order valence-corrected chi connectivity index (χ4v) is 3.76. The molecule has 2 aliphatic rings. The summed E-state index contributed by atoms with van der Waals surface area (Å²) in [5, 5.41) is 5.84. The topological polar surface area (TPSA) is 81.8 Å². The maximum atomic E-state index is 12.9. The van der Waals surface area contributed by atoms with Gasteiger partial charge in [-0.25, -0.2) is 4.79 Å². The van der Waals surface area contributed by atoms with Crippen molar-refractivity contribution in [2.45, 2.75) is 38.3 Å². The summed E-state index contributed by atoms with van der Waals surface area (Å²) in [6.07, 6.45) is 1.88. The van der Waals surface area contributed by atoms with E-state index in [0.717, 1.165) is 23.3 Å². The maximum absolute atomic E-state index is 12.9. The molecule has 0 aromatic heterocycles. The van der Waals surface area contributed by atoms with Crippen LogP contribution >= 0.6 is 12.4 Å². The average molecular weight is 395 g/mol. The molecule has 0 radical (unpaired) electrons. The quantitative estimate of drug-likeness (QED) is 0.739. The van der Waals surface area contributed by atoms with Gasteiger partial charge in [-0.15, -0.1) is 12.4 Å². The zero-order valence-electron chi connectivity index (χ0n) is 15.9. The standard InChI is InChI=1S/C19H26N4O3.ClH/c1-13-6-8-14(9-7-13)19(2)17(25)23(18(26)21-19)12-16(24)22-10-4-5-15(22)11-20-3;/h6-9,15,20H,4-5,10-12H2,1-3H3,(H,21,26);1H. The number of carbonyl (C=O) groups is 3. The van der Waals surface area contributed by atoms with E-state index in [-0.39, 0.29) is 36.8 Å². The highest BCUT2D eigenvalue weighted by atomic mass is 35.5. The van der Waals surface area contributed by atoms with Gasteiger partial charge < -0.3 is 15.5 Å². The predicted octanol–water partition coefficient (Wildman–Crippen LogP) is 1.39. The number of amides is 4. The first-order chi connectivity index (χ1) is 12.4. The largest absolute Gasteiger partial charge is 0.337 e. The minimum absolute atomic E-state index is 0. The minimum atomic E-state index is -1.14. The van der Waals surface area contributed by atoms with Crippen LogP contribution in [0.1, 0.15) is 30.9 Å². The molecule has 8 heteroatoms. The molecule has 0 spiro atoms. The molecular weight excluding hydrogens is 368 g/mol. The number of aryl methyl sites for hydroxylation is 1. The Morgan fingerprint density at radius 1 is 1.30 bits per heavy atom. The van der Waals surface area contributed by atoms with Gasteiger partial charge in [-0.2, -0.15) is 0 Å². The molecule has 1 aromatic carbocycles. The van der Waals surface area contributed by atoms with Crippen molar-refractivity contribution in [3.8, 4) is 0 Å². The van der Waals surface area contributed by atoms with Gasteiger partial charge in [0.25, 0.3) is 5.91 Å². The number of benzene rings is 1. The third kappa shape index (κ3) is 3.94. The van der Waals surface area contributed by atoms with Crippen LogP contribution in [0.4, 0.5) is 4.79 Å². The van der Waals surface area contributed by atoms with Crippen molar-refractivity contribution in [1.29, 1.82) is 0 Å². The van der Waals surface area contributed by atoms with Crippen LogP contribution in [0.3, 0.4) is 0 Å². The minimum Gasteiger partial charge on any atom is -0.337 e. The van der Waals surface area contributed by atoms with Crippen molar-refractivity contribution < 1.29 is 14.4 Å². The van der Waals surface area contributed by atoms with Gasteiger partial charge >= 0.3 is 6.03 Å². The molecule has 27 heavy (non-hydrogen) atoms. The SMILES string of the molecule is CNCC1CCCN1C(=O)CN1C(=O)NC(C)(c2ccc(C)cc2)C1=O.Cl. The van der Waals surface area contributed by atoms with Crippen LogP contribution < -0.4 is 10.6 Å². The second-order valence-electron chi connectivity index (χ2n) is 7.25. The molecule has 2 unspecified atom stereocenters. The van der Waals surface area contributed by atoms with Crippen LogP contribution in [-0.4, -0.2) is 60.4 Å². The number of likely N-dealkylation sites (N-methyl/N-ethyl adjacent to an activating group) is 1. The molecule has 2 fully saturated rings. The number of hydrogen-bond donors (Lipinski definition) is 2. The molecule has 148 valence electrons. The van der Waals surface area contributed by atoms with Crippen molar-refractivity contribution in [2.75, 3.05) is 26.7 Å². The van der Waals surface area contributed by atoms with E-state index in [1.165, 1.54) is 0 Å². The monoisotopic (exact) mass is 394 g/mol. The Hall–Kier alpha value is -2.12. The zero-order valence-corrected chi connectivity index (χ0v) is 16.8. The van der Waals surface area contributed by atoms with Gasteiger partial charge in [0.2, 0.25) is 5.91 Å². The summed E-state index contributed by atoms with van der Waals surface area (Å²) >= 11 is 0. The van der Waals surface area contributed by atoms with Crippen molar-refractivity contribution in [3.05, 3.63) is 35.4 Å². The Kier molecular flexibility index (Phi) is 6.49. The first-order valence-corrected chi connectivity index (χ1v) is 9.02. The summed E-state index contributed by atoms with van der Waals surface area (Å²) in [6.45, 7) is 4.81. The lowest BCUT2D eigenvalue weighted by atomic mass is 9.91. The molecular formula is C19H27ClN4O3. The van der Waals surface area contributed by atoms with Gasteiger partial charge in [0, 0.05) is 19.1 Å². The van der Waals surface area contributed by atoms with E-state index in [4.69, 9.17) is 0 Å². The van der Waals surface area contributed by atoms with Gasteiger partial charge in [0.1, 0.15) is 12.1 Å². The molecule has 2 saturated heterocycles. The number of hydrogen-bond acceptors (Lipinski definition) is 4. The van der Waals surface area contributed by atoms with Crippen LogP contribution in [-0.2, 0) is 15.1 Å². The Labute approximate surface area is 165 Å². The molecule has 2 atom stereocenters. The number of urea groups is 1. The number of carbonyl (C=O) groups excluding carboxylic acids is 3. The van der Waals surface area contributed by atoms with Gasteiger partial charge in [-0.05, 0) is 39.3 Å². The Balaban J connectivity index is 0.00000261. The summed E-state index contributed by atoms with van der Waals surface area (Å²) in [7, 11) is 1.85. The molecule has 0 saturated carbocycles. The molecule has 0 aliphatic carbocycles. The molecule has 2 heterocycles. The zero-order chi connectivity index (χ0) is 18.9. The van der Waals surface area contributed by atoms with Crippen LogP contribution in [0.5, 0.6) is 0 Å². The lowest BCUT2D eigenvalue weighted by Crippen LogP contribution is -2.47. The highest BCUT2D eigenvalue weighted by Crippen LogP contribution is 2.29. The number of nitrogens with one attached hydrogen (secondary N) is 2. The fourth-order valence-electron chi connectivity index (χ4n) is 3.76. The number of halogens is 1. The van der Waals surface area contributed by atoms with Gasteiger partial charge in [0.05, 0.1) is 0 Å². The second kappa shape index (κ2) is 8.27. The number of imide groups is 1. The lowest BCUT2D eigenvalue weighted by Gasteiger charge is -2.26. The van der Waals surface area contributed by atoms with E-state index in [0.29, 0.717) is 18.7 Å². The van der Waals surface area contributed by atoms with Crippen molar-refractivity contribution in [3.63, 3.8) is 0 Å². The normalized spacial score (nSPS) is 24.8. The summed E-state index contributed by atoms with van der Waals surface area (Å²) in [5.41, 5.74) is 0.650. The van der Waals surface area contributed by atoms with E-state index in [1.807, 2.05) is 38.2 Å². The van der Waals surface area contributed by atoms with E-state index in [1.54, 1.807) is 11.8 Å². The van der Waals surface area contributed by atoms with Crippen LogP contribution in [0.15, 0.2) is 24.3 Å². The van der Waals surface area contributed by atoms with E-state index < -0.39 is 11.6 Å². The predicted molar refractivity (Wildman–Crippen MR) is 105 cm³/mol. The molecule has 3 rings (SSSR count). The first kappa shape index (κ1) is 21.2. The number of nitrogens with zero attached hydrogens (tertiary/aromatic N) is 2. The average Bonchev–Trinajstić information content (AvgIpc) is 3.15. The summed E-state index contributed by atoms with van der Waals surface area (Å²) < 4.78 is 0. The summed E-state index contributed by atoms with van der Waals surface area (Å²) in [6, 6.07) is 7.08. The van der Waals surface area contributed by atoms with Crippen molar-refractivity contribution >= 4 is 30.3 Å². The third-order valence-electron chi connectivity index (χ3n) is 5.33. The second-order valence-corrected chi connectivity index (χ2v) is 7.25. The van der Waals surface area contributed by atoms with Crippen LogP contribution in [0, 0.1) is 6.92 Å². The summed E-state index contributed by atoms with van der Waals surface area (Å²) in [4.78, 5) is 40.9. The lowest BCUT2D eigenvalue weighted by molar-refractivity contribution is -0.139. The Bertz CT molecular complexity index is 724.